The molecule has 22 heavy (non-hydrogen) atoms. The van der Waals surface area contributed by atoms with Crippen molar-refractivity contribution >= 4 is 10.0 Å². The third-order valence-electron chi connectivity index (χ3n) is 4.35. The van der Waals surface area contributed by atoms with Gasteiger partial charge >= 0.3 is 0 Å². The Labute approximate surface area is 132 Å². The SMILES string of the molecule is CCOc1ccc(S(=O)(=O)NCC2CN3CCN2CC3)cc1. The molecule has 0 aromatic heterocycles. The molecule has 1 N–H and O–H groups in total. The molecule has 0 aliphatic carbocycles. The fourth-order valence-electron chi connectivity index (χ4n) is 3.09. The molecule has 7 heteroatoms. The fourth-order valence-corrected chi connectivity index (χ4v) is 4.16. The zero-order valence-corrected chi connectivity index (χ0v) is 13.7. The molecule has 3 saturated heterocycles. The molecular formula is C15H23N3O3S. The molecule has 1 aromatic carbocycles. The molecule has 6 nitrogen and oxygen atoms in total. The first kappa shape index (κ1) is 15.7. The number of ether oxygens (including phenoxy) is 1. The molecule has 2 bridgehead atoms. The van der Waals surface area contributed by atoms with Crippen molar-refractivity contribution in [3.05, 3.63) is 24.3 Å². The molecule has 1 atom stereocenters. The van der Waals surface area contributed by atoms with E-state index < -0.39 is 10.0 Å². The van der Waals surface area contributed by atoms with Gasteiger partial charge in [0, 0.05) is 45.3 Å². The van der Waals surface area contributed by atoms with Crippen molar-refractivity contribution in [2.24, 2.45) is 0 Å². The van der Waals surface area contributed by atoms with Gasteiger partial charge in [-0.25, -0.2) is 13.1 Å². The third kappa shape index (κ3) is 3.43. The molecule has 3 fully saturated rings. The molecule has 122 valence electrons. The molecule has 0 saturated carbocycles. The minimum atomic E-state index is -3.46. The minimum absolute atomic E-state index is 0.278. The smallest absolute Gasteiger partial charge is 0.240 e. The Morgan fingerprint density at radius 3 is 2.41 bits per heavy atom. The molecule has 0 amide bonds. The quantitative estimate of drug-likeness (QED) is 0.818. The molecule has 3 aliphatic heterocycles. The number of fused-ring (bicyclic) bond motifs is 3. The number of rotatable bonds is 6. The monoisotopic (exact) mass is 325 g/mol. The Morgan fingerprint density at radius 2 is 1.86 bits per heavy atom. The fraction of sp³-hybridized carbons (Fsp3) is 0.600. The topological polar surface area (TPSA) is 61.9 Å². The number of hydrogen-bond donors (Lipinski definition) is 1. The van der Waals surface area contributed by atoms with E-state index in [2.05, 4.69) is 14.5 Å². The van der Waals surface area contributed by atoms with E-state index in [0.29, 0.717) is 18.9 Å². The number of piperazine rings is 3. The first-order valence-corrected chi connectivity index (χ1v) is 9.26. The Hall–Kier alpha value is -1.15. The van der Waals surface area contributed by atoms with E-state index in [1.807, 2.05) is 6.92 Å². The van der Waals surface area contributed by atoms with Gasteiger partial charge in [-0.2, -0.15) is 0 Å². The average Bonchev–Trinajstić information content (AvgIpc) is 2.55. The maximum atomic E-state index is 12.4. The van der Waals surface area contributed by atoms with Gasteiger partial charge in [0.05, 0.1) is 11.5 Å². The van der Waals surface area contributed by atoms with E-state index in [4.69, 9.17) is 4.74 Å². The lowest BCUT2D eigenvalue weighted by atomic mass is 10.1. The van der Waals surface area contributed by atoms with Crippen LogP contribution < -0.4 is 9.46 Å². The largest absolute Gasteiger partial charge is 0.494 e. The first-order chi connectivity index (χ1) is 10.6. The van der Waals surface area contributed by atoms with Crippen LogP contribution >= 0.6 is 0 Å². The lowest BCUT2D eigenvalue weighted by Gasteiger charge is -2.47. The van der Waals surface area contributed by atoms with Crippen LogP contribution in [0.1, 0.15) is 6.92 Å². The van der Waals surface area contributed by atoms with Gasteiger partial charge < -0.3 is 4.74 Å². The molecule has 0 radical (unpaired) electrons. The number of sulfonamides is 1. The maximum absolute atomic E-state index is 12.4. The Bertz CT molecular complexity index is 595. The highest BCUT2D eigenvalue weighted by molar-refractivity contribution is 7.89. The molecule has 1 unspecified atom stereocenters. The number of nitrogens with one attached hydrogen (secondary N) is 1. The van der Waals surface area contributed by atoms with Gasteiger partial charge in [0.1, 0.15) is 5.75 Å². The zero-order chi connectivity index (χ0) is 15.6. The number of benzene rings is 1. The van der Waals surface area contributed by atoms with Crippen LogP contribution in [0.3, 0.4) is 0 Å². The van der Waals surface area contributed by atoms with Crippen LogP contribution in [0.15, 0.2) is 29.2 Å². The second kappa shape index (κ2) is 6.54. The molecule has 3 aliphatic rings. The highest BCUT2D eigenvalue weighted by Crippen LogP contribution is 2.18. The summed E-state index contributed by atoms with van der Waals surface area (Å²) >= 11 is 0. The lowest BCUT2D eigenvalue weighted by molar-refractivity contribution is 0.0158. The van der Waals surface area contributed by atoms with Crippen molar-refractivity contribution < 1.29 is 13.2 Å². The summed E-state index contributed by atoms with van der Waals surface area (Å²) in [6.07, 6.45) is 0. The molecule has 4 rings (SSSR count). The summed E-state index contributed by atoms with van der Waals surface area (Å²) in [5.74, 6) is 0.685. The highest BCUT2D eigenvalue weighted by atomic mass is 32.2. The zero-order valence-electron chi connectivity index (χ0n) is 12.9. The van der Waals surface area contributed by atoms with Gasteiger partial charge in [-0.1, -0.05) is 0 Å². The number of hydrogen-bond acceptors (Lipinski definition) is 5. The van der Waals surface area contributed by atoms with Crippen LogP contribution in [0.25, 0.3) is 0 Å². The van der Waals surface area contributed by atoms with E-state index in [-0.39, 0.29) is 10.9 Å². The van der Waals surface area contributed by atoms with Crippen molar-refractivity contribution in [1.82, 2.24) is 14.5 Å². The third-order valence-corrected chi connectivity index (χ3v) is 5.79. The van der Waals surface area contributed by atoms with Gasteiger partial charge in [-0.3, -0.25) is 9.80 Å². The average molecular weight is 325 g/mol. The predicted octanol–water partition coefficient (Wildman–Crippen LogP) is 0.363. The van der Waals surface area contributed by atoms with Crippen molar-refractivity contribution in [2.45, 2.75) is 17.9 Å². The van der Waals surface area contributed by atoms with Crippen LogP contribution in [-0.4, -0.2) is 70.1 Å². The summed E-state index contributed by atoms with van der Waals surface area (Å²) in [5, 5.41) is 0. The second-order valence-electron chi connectivity index (χ2n) is 5.75. The molecule has 3 heterocycles. The predicted molar refractivity (Wildman–Crippen MR) is 84.6 cm³/mol. The molecule has 1 aromatic rings. The maximum Gasteiger partial charge on any atom is 0.240 e. The van der Waals surface area contributed by atoms with Crippen LogP contribution in [0.5, 0.6) is 5.75 Å². The van der Waals surface area contributed by atoms with Crippen LogP contribution in [0, 0.1) is 0 Å². The second-order valence-corrected chi connectivity index (χ2v) is 7.51. The van der Waals surface area contributed by atoms with Crippen molar-refractivity contribution in [3.63, 3.8) is 0 Å². The summed E-state index contributed by atoms with van der Waals surface area (Å²) in [6, 6.07) is 6.83. The summed E-state index contributed by atoms with van der Waals surface area (Å²) in [7, 11) is -3.46. The van der Waals surface area contributed by atoms with Gasteiger partial charge in [-0.05, 0) is 31.2 Å². The van der Waals surface area contributed by atoms with Crippen LogP contribution in [0.4, 0.5) is 0 Å². The minimum Gasteiger partial charge on any atom is -0.494 e. The van der Waals surface area contributed by atoms with Gasteiger partial charge in [0.25, 0.3) is 0 Å². The first-order valence-electron chi connectivity index (χ1n) is 7.77. The van der Waals surface area contributed by atoms with E-state index in [1.165, 1.54) is 0 Å². The van der Waals surface area contributed by atoms with E-state index >= 15 is 0 Å². The lowest BCUT2D eigenvalue weighted by Crippen LogP contribution is -2.63. The van der Waals surface area contributed by atoms with Crippen LogP contribution in [-0.2, 0) is 10.0 Å². The van der Waals surface area contributed by atoms with Crippen LogP contribution in [0.2, 0.25) is 0 Å². The van der Waals surface area contributed by atoms with Gasteiger partial charge in [0.2, 0.25) is 10.0 Å². The summed E-state index contributed by atoms with van der Waals surface area (Å²) in [4.78, 5) is 5.06. The summed E-state index contributed by atoms with van der Waals surface area (Å²) < 4.78 is 32.8. The molecular weight excluding hydrogens is 302 g/mol. The van der Waals surface area contributed by atoms with Crippen molar-refractivity contribution in [2.75, 3.05) is 45.9 Å². The Kier molecular flexibility index (Phi) is 4.67. The van der Waals surface area contributed by atoms with Crippen molar-refractivity contribution in [1.29, 1.82) is 0 Å². The van der Waals surface area contributed by atoms with E-state index in [0.717, 1.165) is 32.7 Å². The van der Waals surface area contributed by atoms with Crippen molar-refractivity contribution in [3.8, 4) is 5.75 Å². The number of nitrogens with zero attached hydrogens (tertiary/aromatic N) is 2. The van der Waals surface area contributed by atoms with E-state index in [9.17, 15) is 8.42 Å². The van der Waals surface area contributed by atoms with Gasteiger partial charge in [-0.15, -0.1) is 0 Å². The highest BCUT2D eigenvalue weighted by Gasteiger charge is 2.32. The summed E-state index contributed by atoms with van der Waals surface area (Å²) in [5.41, 5.74) is 0. The Morgan fingerprint density at radius 1 is 1.18 bits per heavy atom. The standard InChI is InChI=1S/C15H23N3O3S/c1-2-21-14-3-5-15(6-4-14)22(19,20)16-11-13-12-17-7-9-18(13)10-8-17/h3-6,13,16H,2,7-12H2,1H3. The summed E-state index contributed by atoms with van der Waals surface area (Å²) in [6.45, 7) is 8.15. The van der Waals surface area contributed by atoms with Gasteiger partial charge in [0.15, 0.2) is 0 Å². The van der Waals surface area contributed by atoms with E-state index in [1.54, 1.807) is 24.3 Å². The Balaban J connectivity index is 1.61. The normalized spacial score (nSPS) is 27.8. The molecule has 0 spiro atoms.